The number of rotatable bonds is 61. The van der Waals surface area contributed by atoms with Gasteiger partial charge in [0.15, 0.2) is 11.9 Å². The number of imidazole rings is 1. The molecule has 2 aromatic carbocycles. The number of aromatic nitrogens is 3. The number of unbranched alkanes of at least 4 members (excludes halogenated alkanes) is 1. The SMILES string of the molecule is CC[C@H](C)[C@H](NC(=O)[C@H](Cc1cnc[nH]1)NC(=O)[C@H](CCCCN)NC(=O)[C@@H](N)CC(C)C)C(=O)N[C@H](C(=O)N[C@@H](Cc1c[nH]c2ccccc12)C(=O)N[C@@H](C)C(=O)N[C@@H](CO)C(=O)N[C@@H](CCCNC(=N)N)C(=O)N[C@@H](CCC(=O)O)C(=O)N[C@@H](CC(C)C)C(=O)N[C@@H](CCC(=O)O)C(=O)N[C@@H](CCCNC(=N)N)C(=O)N[C@@H](Cc1ccccc1)C(=O)N[C@@H](C)C(=O)O)C(C)C. The molecule has 2 heterocycles. The Bertz CT molecular complexity index is 4530. The van der Waals surface area contributed by atoms with Gasteiger partial charge in [0.1, 0.15) is 84.6 Å². The highest BCUT2D eigenvalue weighted by Gasteiger charge is 2.40. The number of amides is 14. The number of carbonyl (C=O) groups is 17. The number of fused-ring (bicyclic) bond motifs is 1. The Hall–Kier alpha value is -13.4. The van der Waals surface area contributed by atoms with Gasteiger partial charge in [-0.2, -0.15) is 0 Å². The minimum Gasteiger partial charge on any atom is -0.481 e. The lowest BCUT2D eigenvalue weighted by molar-refractivity contribution is -0.142. The first-order valence-corrected chi connectivity index (χ1v) is 44.1. The maximum atomic E-state index is 14.9. The van der Waals surface area contributed by atoms with Gasteiger partial charge in [-0.05, 0) is 132 Å². The van der Waals surface area contributed by atoms with Gasteiger partial charge in [0, 0.05) is 74.2 Å². The molecule has 0 aliphatic rings. The molecule has 0 aliphatic heterocycles. The number of nitrogens with two attached hydrogens (primary N) is 4. The van der Waals surface area contributed by atoms with Crippen molar-refractivity contribution in [1.29, 1.82) is 10.8 Å². The van der Waals surface area contributed by atoms with Crippen LogP contribution in [-0.4, -0.2) is 265 Å². The van der Waals surface area contributed by atoms with Gasteiger partial charge in [0.2, 0.25) is 82.7 Å². The Kier molecular flexibility index (Phi) is 47.8. The van der Waals surface area contributed by atoms with Crippen LogP contribution in [0.1, 0.15) is 176 Å². The molecule has 0 fully saturated rings. The van der Waals surface area contributed by atoms with Crippen molar-refractivity contribution in [2.24, 2.45) is 46.6 Å². The Morgan fingerprint density at radius 1 is 0.424 bits per heavy atom. The molecule has 730 valence electrons. The van der Waals surface area contributed by atoms with E-state index in [1.54, 1.807) is 102 Å². The van der Waals surface area contributed by atoms with Gasteiger partial charge in [-0.25, -0.2) is 4.98 Å². The number of aliphatic hydroxyl groups is 1. The van der Waals surface area contributed by atoms with Crippen LogP contribution in [0.25, 0.3) is 10.9 Å². The van der Waals surface area contributed by atoms with Crippen molar-refractivity contribution in [3.05, 3.63) is 90.1 Å². The number of nitrogens with one attached hydrogen (secondary N) is 20. The van der Waals surface area contributed by atoms with Crippen LogP contribution in [-0.2, 0) is 101 Å². The number of H-pyrrole nitrogens is 2. The van der Waals surface area contributed by atoms with E-state index in [2.05, 4.69) is 100 Å². The van der Waals surface area contributed by atoms with Crippen molar-refractivity contribution in [2.45, 2.75) is 269 Å². The number of carboxylic acids is 3. The van der Waals surface area contributed by atoms with Crippen LogP contribution in [0.5, 0.6) is 0 Å². The summed E-state index contributed by atoms with van der Waals surface area (Å²) >= 11 is 0. The molecule has 4 aromatic rings. The normalized spacial score (nSPS) is 14.9. The summed E-state index contributed by atoms with van der Waals surface area (Å²) < 4.78 is 0. The number of aliphatic carboxylic acids is 3. The standard InChI is InChI=1S/C86H135N25O21/c1-11-47(8)69(111-80(127)64(39-52-41-93-43-97-52)107-73(120)56(25-17-18-32-87)100-71(118)54(88)35-44(2)3)83(130)110-68(46(6)7)82(129)108-63(38-51-40-96-55-24-16-15-23-53(51)55)78(125)98-48(9)70(117)109-65(42-112)81(128)102-57(26-19-33-94-85(89)90)72(119)103-60(29-31-67(115)116)76(123)105-61(36-45(4)5)79(126)104-59(28-30-66(113)114)75(122)101-58(27-20-34-95-86(91)92)74(121)106-62(37-50-21-13-12-14-22-50)77(124)99-49(10)84(131)132/h12-16,21-24,40-41,43-49,54,56-65,68-69,96,112H,11,17-20,25-39,42,87-88H2,1-10H3,(H,93,97)(H,98,125)(H,99,124)(H,100,118)(H,101,122)(H,102,128)(H,103,119)(H,104,126)(H,105,123)(H,106,121)(H,107,120)(H,108,129)(H,109,117)(H,110,130)(H,111,127)(H,113,114)(H,115,116)(H,131,132)(H4,89,90,94)(H4,91,92,95)/t47-,48-,49-,54-,56-,57-,58-,59-,60-,61-,62-,63-,64-,65-,68-,69-/m0/s1. The smallest absolute Gasteiger partial charge is 0.325 e. The molecule has 4 rings (SSSR count). The second-order valence-corrected chi connectivity index (χ2v) is 33.7. The molecular weight excluding hydrogens is 1720 g/mol. The average Bonchev–Trinajstić information content (AvgIpc) is 1.66. The fourth-order valence-corrected chi connectivity index (χ4v) is 13.8. The maximum Gasteiger partial charge on any atom is 0.325 e. The lowest BCUT2D eigenvalue weighted by Crippen LogP contribution is -2.62. The summed E-state index contributed by atoms with van der Waals surface area (Å²) in [5.74, 6) is -20.7. The topological polar surface area (TPSA) is 760 Å². The minimum absolute atomic E-state index is 0.0153. The van der Waals surface area contributed by atoms with Gasteiger partial charge in [0.25, 0.3) is 0 Å². The molecule has 46 nitrogen and oxygen atoms in total. The monoisotopic (exact) mass is 1850 g/mol. The molecule has 0 spiro atoms. The molecule has 2 aromatic heterocycles. The molecule has 0 radical (unpaired) electrons. The average molecular weight is 1860 g/mol. The van der Waals surface area contributed by atoms with Crippen LogP contribution in [0.2, 0.25) is 0 Å². The number of guanidine groups is 2. The zero-order valence-electron chi connectivity index (χ0n) is 76.2. The fraction of sp³-hybridized carbons (Fsp3) is 0.581. The van der Waals surface area contributed by atoms with Crippen LogP contribution >= 0.6 is 0 Å². The second-order valence-electron chi connectivity index (χ2n) is 33.7. The molecular formula is C86H135N25O21. The van der Waals surface area contributed by atoms with E-state index >= 15 is 0 Å². The van der Waals surface area contributed by atoms with E-state index in [4.69, 9.17) is 33.8 Å². The largest absolute Gasteiger partial charge is 0.481 e. The van der Waals surface area contributed by atoms with Crippen molar-refractivity contribution in [2.75, 3.05) is 26.2 Å². The van der Waals surface area contributed by atoms with Crippen molar-refractivity contribution in [3.63, 3.8) is 0 Å². The third kappa shape index (κ3) is 39.5. The minimum atomic E-state index is -1.93. The molecule has 14 amide bonds. The number of nitrogens with zero attached hydrogens (tertiary/aromatic N) is 1. The lowest BCUT2D eigenvalue weighted by atomic mass is 9.95. The Morgan fingerprint density at radius 3 is 1.30 bits per heavy atom. The molecule has 0 aliphatic carbocycles. The van der Waals surface area contributed by atoms with Crippen LogP contribution in [0, 0.1) is 34.5 Å². The molecule has 16 atom stereocenters. The third-order valence-corrected chi connectivity index (χ3v) is 21.4. The number of hydrogen-bond acceptors (Lipinski definition) is 23. The maximum absolute atomic E-state index is 14.9. The molecule has 0 saturated carbocycles. The van der Waals surface area contributed by atoms with Gasteiger partial charge in [-0.3, -0.25) is 92.3 Å². The first-order valence-electron chi connectivity index (χ1n) is 44.1. The second kappa shape index (κ2) is 56.9. The Balaban J connectivity index is 1.62. The van der Waals surface area contributed by atoms with Crippen LogP contribution in [0.3, 0.4) is 0 Å². The quantitative estimate of drug-likeness (QED) is 0.0115. The van der Waals surface area contributed by atoms with Crippen molar-refractivity contribution < 1.29 is 102 Å². The highest BCUT2D eigenvalue weighted by Crippen LogP contribution is 2.22. The zero-order valence-corrected chi connectivity index (χ0v) is 76.2. The van der Waals surface area contributed by atoms with Gasteiger partial charge in [-0.1, -0.05) is 110 Å². The number of carboxylic acid groups (broad SMARTS) is 3. The Morgan fingerprint density at radius 2 is 0.833 bits per heavy atom. The van der Waals surface area contributed by atoms with Crippen molar-refractivity contribution >= 4 is 123 Å². The number of benzene rings is 2. The first-order chi connectivity index (χ1) is 62.4. The molecule has 0 bridgehead atoms. The summed E-state index contributed by atoms with van der Waals surface area (Å²) in [5.41, 5.74) is 25.1. The number of hydrogen-bond donors (Lipinski definition) is 28. The summed E-state index contributed by atoms with van der Waals surface area (Å²) in [7, 11) is 0. The van der Waals surface area contributed by atoms with E-state index < -0.39 is 253 Å². The van der Waals surface area contributed by atoms with Gasteiger partial charge in [-0.15, -0.1) is 0 Å². The van der Waals surface area contributed by atoms with Crippen LogP contribution in [0.15, 0.2) is 73.3 Å². The Labute approximate surface area is 764 Å². The number of para-hydroxylation sites is 1. The van der Waals surface area contributed by atoms with E-state index in [0.29, 0.717) is 60.0 Å². The predicted octanol–water partition coefficient (Wildman–Crippen LogP) is -3.67. The summed E-state index contributed by atoms with van der Waals surface area (Å²) in [6, 6.07) is -7.60. The first kappa shape index (κ1) is 111. The zero-order chi connectivity index (χ0) is 98.6. The van der Waals surface area contributed by atoms with E-state index in [0.717, 1.165) is 0 Å². The summed E-state index contributed by atoms with van der Waals surface area (Å²) in [6.07, 6.45) is 1.73. The molecule has 0 saturated heterocycles. The highest BCUT2D eigenvalue weighted by molar-refractivity contribution is 6.01. The summed E-state index contributed by atoms with van der Waals surface area (Å²) in [6.45, 7) is 15.1. The summed E-state index contributed by atoms with van der Waals surface area (Å²) in [4.78, 5) is 248. The van der Waals surface area contributed by atoms with E-state index in [-0.39, 0.29) is 76.8 Å². The number of carbonyl (C=O) groups excluding carboxylic acids is 14. The predicted molar refractivity (Wildman–Crippen MR) is 484 cm³/mol. The van der Waals surface area contributed by atoms with Gasteiger partial charge in [0.05, 0.1) is 19.0 Å². The van der Waals surface area contributed by atoms with Gasteiger partial charge < -0.3 is 138 Å². The molecule has 32 N–H and O–H groups in total. The molecule has 46 heteroatoms. The fourth-order valence-electron chi connectivity index (χ4n) is 13.8. The third-order valence-electron chi connectivity index (χ3n) is 21.4. The number of aliphatic hydroxyl groups excluding tert-OH is 1. The van der Waals surface area contributed by atoms with E-state index in [1.165, 1.54) is 26.4 Å². The van der Waals surface area contributed by atoms with Crippen molar-refractivity contribution in [1.82, 2.24) is 100 Å². The van der Waals surface area contributed by atoms with Crippen molar-refractivity contribution in [3.8, 4) is 0 Å². The molecule has 0 unspecified atom stereocenters. The summed E-state index contributed by atoms with van der Waals surface area (Å²) in [5, 5.41) is 96.7. The highest BCUT2D eigenvalue weighted by atomic mass is 16.4. The van der Waals surface area contributed by atoms with E-state index in [1.807, 2.05) is 13.8 Å². The molecule has 132 heavy (non-hydrogen) atoms. The number of aromatic amines is 2. The van der Waals surface area contributed by atoms with Crippen LogP contribution in [0.4, 0.5) is 0 Å². The van der Waals surface area contributed by atoms with Gasteiger partial charge >= 0.3 is 17.9 Å². The lowest BCUT2D eigenvalue weighted by Gasteiger charge is -2.30. The van der Waals surface area contributed by atoms with Crippen LogP contribution < -0.4 is 108 Å². The van der Waals surface area contributed by atoms with E-state index in [9.17, 15) is 102 Å².